The minimum Gasteiger partial charge on any atom is -0.491 e. The van der Waals surface area contributed by atoms with E-state index in [0.29, 0.717) is 73.5 Å². The van der Waals surface area contributed by atoms with Crippen LogP contribution < -0.4 is 19.3 Å². The predicted molar refractivity (Wildman–Crippen MR) is 265 cm³/mol. The summed E-state index contributed by atoms with van der Waals surface area (Å²) in [4.78, 5) is 57.5. The average molecular weight is 937 g/mol. The molecule has 0 spiro atoms. The van der Waals surface area contributed by atoms with Gasteiger partial charge in [0, 0.05) is 80.6 Å². The molecule has 0 bridgehead atoms. The molecule has 7 rings (SSSR count). The molecule has 4 aromatic heterocycles. The molecule has 1 N–H and O–H groups in total. The molecule has 15 nitrogen and oxygen atoms in total. The number of pyridine rings is 2. The molecule has 15 heteroatoms. The lowest BCUT2D eigenvalue weighted by Gasteiger charge is -2.27. The zero-order valence-electron chi connectivity index (χ0n) is 42.4. The maximum Gasteiger partial charge on any atom is 0.180 e. The number of aliphatic hydroxyl groups excluding tert-OH is 1. The average Bonchev–Trinajstić information content (AvgIpc) is 3.99. The minimum absolute atomic E-state index is 0.0353. The Bertz CT molecular complexity index is 2310. The van der Waals surface area contributed by atoms with Crippen molar-refractivity contribution in [3.05, 3.63) is 59.2 Å². The van der Waals surface area contributed by atoms with Gasteiger partial charge in [-0.15, -0.1) is 0 Å². The van der Waals surface area contributed by atoms with Gasteiger partial charge >= 0.3 is 0 Å². The first-order valence-corrected chi connectivity index (χ1v) is 24.8. The molecular weight excluding hydrogens is 861 g/mol. The zero-order valence-corrected chi connectivity index (χ0v) is 42.4. The molecule has 1 fully saturated rings. The highest BCUT2D eigenvalue weighted by molar-refractivity contribution is 5.84. The van der Waals surface area contributed by atoms with Crippen molar-refractivity contribution in [1.29, 1.82) is 0 Å². The van der Waals surface area contributed by atoms with Crippen LogP contribution in [0.2, 0.25) is 0 Å². The van der Waals surface area contributed by atoms with Crippen LogP contribution in [-0.2, 0) is 44.7 Å². The molecule has 0 saturated carbocycles. The van der Waals surface area contributed by atoms with Crippen LogP contribution in [0.1, 0.15) is 136 Å². The Balaban J connectivity index is 0.000000228. The van der Waals surface area contributed by atoms with Crippen LogP contribution in [0.3, 0.4) is 0 Å². The number of anilines is 2. The number of nitrogens with zero attached hydrogens (tertiary/aromatic N) is 8. The van der Waals surface area contributed by atoms with E-state index in [9.17, 15) is 14.7 Å². The number of aromatic nitrogens is 6. The largest absolute Gasteiger partial charge is 0.491 e. The Labute approximate surface area is 404 Å². The van der Waals surface area contributed by atoms with Gasteiger partial charge in [0.25, 0.3) is 0 Å². The number of aryl methyl sites for hydroxylation is 2. The highest BCUT2D eigenvalue weighted by Crippen LogP contribution is 2.34. The molecule has 1 aliphatic heterocycles. The molecule has 1 saturated heterocycles. The number of carbonyl (C=O) groups is 2. The summed E-state index contributed by atoms with van der Waals surface area (Å²) in [6.45, 7) is 18.6. The molecule has 0 amide bonds. The third-order valence-corrected chi connectivity index (χ3v) is 12.0. The van der Waals surface area contributed by atoms with Gasteiger partial charge in [-0.05, 0) is 93.6 Å². The van der Waals surface area contributed by atoms with Crippen molar-refractivity contribution in [3.63, 3.8) is 0 Å². The number of aliphatic hydroxyl groups is 1. The molecule has 0 radical (unpaired) electrons. The van der Waals surface area contributed by atoms with Crippen molar-refractivity contribution < 1.29 is 33.6 Å². The van der Waals surface area contributed by atoms with E-state index in [-0.39, 0.29) is 41.4 Å². The topological polar surface area (TPSA) is 175 Å². The Morgan fingerprint density at radius 1 is 0.706 bits per heavy atom. The summed E-state index contributed by atoms with van der Waals surface area (Å²) in [5.74, 6) is 4.48. The number of carbonyl (C=O) groups excluding carboxylic acids is 2. The number of likely N-dealkylation sites (N-methyl/N-ethyl adjacent to an activating group) is 2. The molecule has 370 valence electrons. The SMILES string of the molecule is CCC(COc1ccnc(-c2nc3c(c(N(C)CC(=O)CC(C)(C)C)n2)CCC3)c1)OC1CCCCO1.CCC(O)COc1ccnc(-c2nc3c(c(N(C)CC(=O)CC(C)(C)C)n2)CCC3)c1. The van der Waals surface area contributed by atoms with Gasteiger partial charge < -0.3 is 33.9 Å². The van der Waals surface area contributed by atoms with Crippen molar-refractivity contribution in [3.8, 4) is 34.5 Å². The number of hydrogen-bond donors (Lipinski definition) is 1. The fraction of sp³-hybridized carbons (Fsp3) is 0.623. The minimum atomic E-state index is -0.501. The van der Waals surface area contributed by atoms with E-state index in [1.54, 1.807) is 24.5 Å². The Morgan fingerprint density at radius 3 is 1.65 bits per heavy atom. The van der Waals surface area contributed by atoms with Crippen molar-refractivity contribution >= 4 is 23.2 Å². The number of ketones is 2. The first-order valence-electron chi connectivity index (χ1n) is 24.8. The van der Waals surface area contributed by atoms with Crippen LogP contribution in [0.4, 0.5) is 11.6 Å². The fourth-order valence-electron chi connectivity index (χ4n) is 8.69. The highest BCUT2D eigenvalue weighted by atomic mass is 16.7. The van der Waals surface area contributed by atoms with E-state index in [1.165, 1.54) is 0 Å². The quantitative estimate of drug-likeness (QED) is 0.0890. The van der Waals surface area contributed by atoms with Crippen LogP contribution in [0.25, 0.3) is 23.0 Å². The maximum absolute atomic E-state index is 12.7. The maximum atomic E-state index is 12.7. The highest BCUT2D eigenvalue weighted by Gasteiger charge is 2.27. The van der Waals surface area contributed by atoms with Gasteiger partial charge in [-0.2, -0.15) is 0 Å². The van der Waals surface area contributed by atoms with Crippen LogP contribution >= 0.6 is 0 Å². The second-order valence-corrected chi connectivity index (χ2v) is 21.0. The number of hydrogen-bond acceptors (Lipinski definition) is 15. The Hall–Kier alpha value is -5.12. The summed E-state index contributed by atoms with van der Waals surface area (Å²) >= 11 is 0. The van der Waals surface area contributed by atoms with Gasteiger partial charge in [-0.1, -0.05) is 55.4 Å². The summed E-state index contributed by atoms with van der Waals surface area (Å²) in [5.41, 5.74) is 5.57. The molecule has 0 aromatic carbocycles. The molecule has 4 aromatic rings. The van der Waals surface area contributed by atoms with Crippen molar-refractivity contribution in [2.75, 3.05) is 56.8 Å². The summed E-state index contributed by atoms with van der Waals surface area (Å²) < 4.78 is 23.6. The van der Waals surface area contributed by atoms with E-state index in [4.69, 9.17) is 38.9 Å². The monoisotopic (exact) mass is 937 g/mol. The van der Waals surface area contributed by atoms with Gasteiger partial charge in [0.15, 0.2) is 29.5 Å². The lowest BCUT2D eigenvalue weighted by molar-refractivity contribution is -0.193. The second kappa shape index (κ2) is 23.9. The lowest BCUT2D eigenvalue weighted by Crippen LogP contribution is -2.31. The van der Waals surface area contributed by atoms with Crippen LogP contribution in [0.15, 0.2) is 36.7 Å². The van der Waals surface area contributed by atoms with Crippen LogP contribution in [-0.4, -0.2) is 112 Å². The van der Waals surface area contributed by atoms with E-state index in [0.717, 1.165) is 105 Å². The fourth-order valence-corrected chi connectivity index (χ4v) is 8.69. The molecule has 3 atom stereocenters. The van der Waals surface area contributed by atoms with E-state index in [1.807, 2.05) is 43.0 Å². The summed E-state index contributed by atoms with van der Waals surface area (Å²) in [7, 11) is 3.86. The van der Waals surface area contributed by atoms with Gasteiger partial charge in [0.05, 0.1) is 25.3 Å². The second-order valence-electron chi connectivity index (χ2n) is 21.0. The van der Waals surface area contributed by atoms with Gasteiger partial charge in [-0.3, -0.25) is 19.6 Å². The smallest absolute Gasteiger partial charge is 0.180 e. The van der Waals surface area contributed by atoms with Crippen molar-refractivity contribution in [2.45, 2.75) is 157 Å². The molecule has 2 aliphatic carbocycles. The van der Waals surface area contributed by atoms with Crippen molar-refractivity contribution in [2.24, 2.45) is 10.8 Å². The molecule has 68 heavy (non-hydrogen) atoms. The standard InChI is InChI=1S/C29H42N4O4.C24H34N4O3/c1-6-21(37-26-12-7-8-15-35-26)19-36-22-13-14-30-25(16-22)27-31-24-11-9-10-23(24)28(32-27)33(5)18-20(34)17-29(2,3)4;1-6-16(29)15-31-18-10-11-25-21(12-18)22-26-20-9-7-8-19(20)23(27-22)28(5)14-17(30)13-24(2,3)4/h13-14,16,21,26H,6-12,15,17-19H2,1-5H3;10-12,16,29H,6-9,13-15H2,1-5H3. The Morgan fingerprint density at radius 2 is 1.21 bits per heavy atom. The van der Waals surface area contributed by atoms with E-state index < -0.39 is 6.10 Å². The number of Topliss-reactive ketones (excluding diaryl/α,β-unsaturated/α-hetero) is 2. The molecular formula is C53H76N8O7. The van der Waals surface area contributed by atoms with E-state index >= 15 is 0 Å². The Kier molecular flexibility index (Phi) is 18.4. The normalized spacial score (nSPS) is 16.5. The summed E-state index contributed by atoms with van der Waals surface area (Å²) in [5, 5.41) is 9.75. The summed E-state index contributed by atoms with van der Waals surface area (Å²) in [6, 6.07) is 7.29. The first-order chi connectivity index (χ1) is 32.4. The summed E-state index contributed by atoms with van der Waals surface area (Å²) in [6.07, 6.45) is 14.2. The van der Waals surface area contributed by atoms with Crippen LogP contribution in [0.5, 0.6) is 11.5 Å². The first kappa shape index (κ1) is 52.3. The third kappa shape index (κ3) is 15.4. The third-order valence-electron chi connectivity index (χ3n) is 12.0. The molecule has 3 aliphatic rings. The van der Waals surface area contributed by atoms with Gasteiger partial charge in [-0.25, -0.2) is 19.9 Å². The van der Waals surface area contributed by atoms with Gasteiger partial charge in [0.1, 0.15) is 47.7 Å². The lowest BCUT2D eigenvalue weighted by atomic mass is 9.90. The van der Waals surface area contributed by atoms with Crippen LogP contribution in [0, 0.1) is 10.8 Å². The molecule has 5 heterocycles. The number of rotatable bonds is 20. The predicted octanol–water partition coefficient (Wildman–Crippen LogP) is 8.79. The number of ether oxygens (including phenoxy) is 4. The van der Waals surface area contributed by atoms with Crippen molar-refractivity contribution in [1.82, 2.24) is 29.9 Å². The molecule has 3 unspecified atom stereocenters. The zero-order chi connectivity index (χ0) is 49.0. The van der Waals surface area contributed by atoms with Gasteiger partial charge in [0.2, 0.25) is 0 Å². The van der Waals surface area contributed by atoms with E-state index in [2.05, 4.69) is 58.4 Å². The number of fused-ring (bicyclic) bond motifs is 2.